The lowest BCUT2D eigenvalue weighted by Gasteiger charge is -2.32. The van der Waals surface area contributed by atoms with Crippen molar-refractivity contribution in [3.8, 4) is 0 Å². The predicted octanol–water partition coefficient (Wildman–Crippen LogP) is 1.77. The maximum atomic E-state index is 2.40. The molecule has 0 unspecified atom stereocenters. The van der Waals surface area contributed by atoms with Crippen LogP contribution in [0.1, 0.15) is 19.8 Å². The molecule has 0 spiro atoms. The lowest BCUT2D eigenvalue weighted by atomic mass is 10.4. The van der Waals surface area contributed by atoms with Gasteiger partial charge < -0.3 is 9.80 Å². The number of hydrogen-bond acceptors (Lipinski definition) is 2. The fraction of sp³-hybridized carbons (Fsp3) is 0.600. The third-order valence-corrected chi connectivity index (χ3v) is 2.66. The normalized spacial score (nSPS) is 21.8. The van der Waals surface area contributed by atoms with E-state index in [1.807, 2.05) is 0 Å². The van der Waals surface area contributed by atoms with Crippen LogP contribution in [0.15, 0.2) is 24.6 Å². The highest BCUT2D eigenvalue weighted by molar-refractivity contribution is 4.98. The Kier molecular flexibility index (Phi) is 2.07. The fourth-order valence-electron chi connectivity index (χ4n) is 1.83. The Labute approximate surface area is 74.2 Å². The van der Waals surface area contributed by atoms with Gasteiger partial charge in [-0.25, -0.2) is 0 Å². The molecule has 0 radical (unpaired) electrons. The molecule has 0 amide bonds. The van der Waals surface area contributed by atoms with E-state index in [1.165, 1.54) is 25.9 Å². The molecule has 0 saturated carbocycles. The summed E-state index contributed by atoms with van der Waals surface area (Å²) in [4.78, 5) is 4.80. The van der Waals surface area contributed by atoms with Gasteiger partial charge in [-0.2, -0.15) is 0 Å². The van der Waals surface area contributed by atoms with E-state index in [0.717, 1.165) is 0 Å². The van der Waals surface area contributed by atoms with Crippen molar-refractivity contribution < 1.29 is 0 Å². The van der Waals surface area contributed by atoms with Crippen molar-refractivity contribution in [1.29, 1.82) is 0 Å². The Morgan fingerprint density at radius 3 is 1.83 bits per heavy atom. The van der Waals surface area contributed by atoms with Gasteiger partial charge in [0.15, 0.2) is 0 Å². The van der Waals surface area contributed by atoms with E-state index >= 15 is 0 Å². The van der Waals surface area contributed by atoms with E-state index < -0.39 is 0 Å². The van der Waals surface area contributed by atoms with Crippen LogP contribution in [-0.4, -0.2) is 29.1 Å². The molecule has 2 heteroatoms. The fourth-order valence-corrected chi connectivity index (χ4v) is 1.83. The molecule has 12 heavy (non-hydrogen) atoms. The van der Waals surface area contributed by atoms with Gasteiger partial charge in [0.05, 0.1) is 6.17 Å². The summed E-state index contributed by atoms with van der Waals surface area (Å²) >= 11 is 0. The largest absolute Gasteiger partial charge is 0.358 e. The zero-order valence-electron chi connectivity index (χ0n) is 7.61. The molecule has 66 valence electrons. The molecule has 0 bridgehead atoms. The summed E-state index contributed by atoms with van der Waals surface area (Å²) in [6, 6.07) is 0. The van der Waals surface area contributed by atoms with Crippen LogP contribution in [0, 0.1) is 0 Å². The third kappa shape index (κ3) is 1.33. The maximum absolute atomic E-state index is 2.40. The molecule has 2 nitrogen and oxygen atoms in total. The Balaban J connectivity index is 1.94. The summed E-state index contributed by atoms with van der Waals surface area (Å²) in [6.07, 6.45) is 11.9. The van der Waals surface area contributed by atoms with Gasteiger partial charge in [-0.05, 0) is 32.2 Å². The zero-order valence-corrected chi connectivity index (χ0v) is 7.61. The topological polar surface area (TPSA) is 6.48 Å². The summed E-state index contributed by atoms with van der Waals surface area (Å²) in [5.74, 6) is 0. The van der Waals surface area contributed by atoms with E-state index in [9.17, 15) is 0 Å². The van der Waals surface area contributed by atoms with Crippen LogP contribution in [0.25, 0.3) is 0 Å². The Morgan fingerprint density at radius 1 is 1.00 bits per heavy atom. The van der Waals surface area contributed by atoms with Crippen LogP contribution in [0.5, 0.6) is 0 Å². The third-order valence-electron chi connectivity index (χ3n) is 2.66. The summed E-state index contributed by atoms with van der Waals surface area (Å²) in [6.45, 7) is 4.64. The van der Waals surface area contributed by atoms with Crippen molar-refractivity contribution in [2.24, 2.45) is 0 Å². The molecule has 0 aliphatic carbocycles. The summed E-state index contributed by atoms with van der Waals surface area (Å²) in [7, 11) is 0. The van der Waals surface area contributed by atoms with Gasteiger partial charge in [0.1, 0.15) is 0 Å². The first-order chi connectivity index (χ1) is 5.88. The Bertz CT molecular complexity index is 186. The minimum Gasteiger partial charge on any atom is -0.358 e. The van der Waals surface area contributed by atoms with Crippen LogP contribution < -0.4 is 0 Å². The first-order valence-corrected chi connectivity index (χ1v) is 4.73. The quantitative estimate of drug-likeness (QED) is 0.613. The molecule has 0 N–H and O–H groups in total. The SMILES string of the molecule is CC(N1C=CCC1)N1C=CCC1. The molecular weight excluding hydrogens is 148 g/mol. The van der Waals surface area contributed by atoms with Gasteiger partial charge in [0.2, 0.25) is 0 Å². The average Bonchev–Trinajstić information content (AvgIpc) is 2.77. The van der Waals surface area contributed by atoms with Crippen molar-refractivity contribution >= 4 is 0 Å². The van der Waals surface area contributed by atoms with Crippen molar-refractivity contribution in [1.82, 2.24) is 9.80 Å². The second-order valence-electron chi connectivity index (χ2n) is 3.45. The minimum absolute atomic E-state index is 0.544. The molecule has 2 rings (SSSR count). The van der Waals surface area contributed by atoms with Crippen LogP contribution in [0.3, 0.4) is 0 Å². The van der Waals surface area contributed by atoms with Crippen molar-refractivity contribution in [3.05, 3.63) is 24.6 Å². The first-order valence-electron chi connectivity index (χ1n) is 4.73. The van der Waals surface area contributed by atoms with Gasteiger partial charge in [0, 0.05) is 13.1 Å². The molecule has 2 aliphatic heterocycles. The first kappa shape index (κ1) is 7.71. The monoisotopic (exact) mass is 164 g/mol. The van der Waals surface area contributed by atoms with Crippen molar-refractivity contribution in [2.45, 2.75) is 25.9 Å². The molecule has 2 aliphatic rings. The maximum Gasteiger partial charge on any atom is 0.0976 e. The minimum atomic E-state index is 0.544. The highest BCUT2D eigenvalue weighted by Crippen LogP contribution is 2.16. The molecule has 0 saturated heterocycles. The van der Waals surface area contributed by atoms with E-state index in [4.69, 9.17) is 0 Å². The van der Waals surface area contributed by atoms with Gasteiger partial charge in [-0.15, -0.1) is 0 Å². The summed E-state index contributed by atoms with van der Waals surface area (Å²) in [5.41, 5.74) is 0. The molecule has 0 aromatic heterocycles. The van der Waals surface area contributed by atoms with Gasteiger partial charge in [-0.3, -0.25) is 0 Å². The Morgan fingerprint density at radius 2 is 1.50 bits per heavy atom. The standard InChI is InChI=1S/C10H16N2/c1-10(11-6-2-3-7-11)12-8-4-5-9-12/h2,4,6,8,10H,3,5,7,9H2,1H3. The smallest absolute Gasteiger partial charge is 0.0976 e. The average molecular weight is 164 g/mol. The summed E-state index contributed by atoms with van der Waals surface area (Å²) in [5, 5.41) is 0. The van der Waals surface area contributed by atoms with Crippen LogP contribution in [0.2, 0.25) is 0 Å². The summed E-state index contributed by atoms with van der Waals surface area (Å²) < 4.78 is 0. The van der Waals surface area contributed by atoms with E-state index in [1.54, 1.807) is 0 Å². The Hall–Kier alpha value is -0.920. The molecule has 2 heterocycles. The van der Waals surface area contributed by atoms with Crippen molar-refractivity contribution in [2.75, 3.05) is 13.1 Å². The molecule has 0 aromatic rings. The molecule has 0 atom stereocenters. The number of rotatable bonds is 2. The highest BCUT2D eigenvalue weighted by atomic mass is 15.3. The molecule has 0 aromatic carbocycles. The van der Waals surface area contributed by atoms with Crippen LogP contribution in [-0.2, 0) is 0 Å². The van der Waals surface area contributed by atoms with E-state index in [-0.39, 0.29) is 0 Å². The highest BCUT2D eigenvalue weighted by Gasteiger charge is 2.18. The number of hydrogen-bond donors (Lipinski definition) is 0. The van der Waals surface area contributed by atoms with Gasteiger partial charge in [0.25, 0.3) is 0 Å². The van der Waals surface area contributed by atoms with Crippen LogP contribution in [0.4, 0.5) is 0 Å². The predicted molar refractivity (Wildman–Crippen MR) is 50.4 cm³/mol. The van der Waals surface area contributed by atoms with Gasteiger partial charge >= 0.3 is 0 Å². The molecule has 0 fully saturated rings. The van der Waals surface area contributed by atoms with Crippen molar-refractivity contribution in [3.63, 3.8) is 0 Å². The van der Waals surface area contributed by atoms with Gasteiger partial charge in [-0.1, -0.05) is 12.2 Å². The lowest BCUT2D eigenvalue weighted by molar-refractivity contribution is 0.154. The second-order valence-corrected chi connectivity index (χ2v) is 3.45. The van der Waals surface area contributed by atoms with E-state index in [2.05, 4.69) is 41.3 Å². The molecular formula is C10H16N2. The van der Waals surface area contributed by atoms with E-state index in [0.29, 0.717) is 6.17 Å². The zero-order chi connectivity index (χ0) is 8.39. The lowest BCUT2D eigenvalue weighted by Crippen LogP contribution is -2.39. The number of nitrogens with zero attached hydrogens (tertiary/aromatic N) is 2. The second kappa shape index (κ2) is 3.21. The van der Waals surface area contributed by atoms with Crippen LogP contribution >= 0.6 is 0 Å².